The van der Waals surface area contributed by atoms with E-state index in [1.54, 1.807) is 0 Å². The highest BCUT2D eigenvalue weighted by Gasteiger charge is 2.38. The van der Waals surface area contributed by atoms with Gasteiger partial charge in [-0.3, -0.25) is 4.90 Å². The number of hydrogen-bond acceptors (Lipinski definition) is 3. The molecule has 0 aliphatic carbocycles. The number of ether oxygens (including phenoxy) is 2. The van der Waals surface area contributed by atoms with E-state index in [-0.39, 0.29) is 12.4 Å². The predicted octanol–water partition coefficient (Wildman–Crippen LogP) is 3.41. The largest absolute Gasteiger partial charge is 0.345 e. The van der Waals surface area contributed by atoms with Crippen molar-refractivity contribution in [3.05, 3.63) is 34.3 Å². The van der Waals surface area contributed by atoms with E-state index in [0.717, 1.165) is 29.5 Å². The van der Waals surface area contributed by atoms with Gasteiger partial charge in [0.25, 0.3) is 0 Å². The Balaban J connectivity index is 0.00000180. The topological polar surface area (TPSA) is 21.7 Å². The summed E-state index contributed by atoms with van der Waals surface area (Å²) in [4.78, 5) is 2.25. The lowest BCUT2D eigenvalue weighted by Gasteiger charge is -2.41. The first kappa shape index (κ1) is 16.9. The first-order valence-corrected chi connectivity index (χ1v) is 7.18. The van der Waals surface area contributed by atoms with E-state index in [2.05, 4.69) is 46.9 Å². The maximum atomic E-state index is 6.04. The van der Waals surface area contributed by atoms with Crippen molar-refractivity contribution in [3.8, 4) is 0 Å². The zero-order valence-electron chi connectivity index (χ0n) is 11.4. The lowest BCUT2D eigenvalue weighted by molar-refractivity contribution is -0.274. The standard InChI is InChI=1S/C14H20BrNO2.ClH/c1-3-9-17-14(11-16(2)8-10-18-14)12-4-6-13(15)7-5-12;/h4-7H,3,8-11H2,1-2H3;1H. The van der Waals surface area contributed by atoms with E-state index in [1.807, 2.05) is 12.1 Å². The maximum Gasteiger partial charge on any atom is 0.208 e. The molecule has 0 saturated carbocycles. The quantitative estimate of drug-likeness (QED) is 0.830. The van der Waals surface area contributed by atoms with Crippen LogP contribution in [0.5, 0.6) is 0 Å². The van der Waals surface area contributed by atoms with Crippen LogP contribution in [0, 0.1) is 0 Å². The summed E-state index contributed by atoms with van der Waals surface area (Å²) in [7, 11) is 2.10. The van der Waals surface area contributed by atoms with Gasteiger partial charge in [0.15, 0.2) is 0 Å². The Morgan fingerprint density at radius 2 is 2.05 bits per heavy atom. The van der Waals surface area contributed by atoms with Gasteiger partial charge in [-0.05, 0) is 25.6 Å². The Bertz CT molecular complexity index is 388. The number of halogens is 2. The highest BCUT2D eigenvalue weighted by Crippen LogP contribution is 2.31. The average molecular weight is 351 g/mol. The summed E-state index contributed by atoms with van der Waals surface area (Å²) in [6.07, 6.45) is 0.991. The second kappa shape index (κ2) is 7.60. The van der Waals surface area contributed by atoms with Gasteiger partial charge in [0.2, 0.25) is 5.79 Å². The third-order valence-electron chi connectivity index (χ3n) is 3.11. The number of nitrogens with zero attached hydrogens (tertiary/aromatic N) is 1. The molecule has 1 aromatic carbocycles. The highest BCUT2D eigenvalue weighted by molar-refractivity contribution is 9.10. The molecule has 0 N–H and O–H groups in total. The van der Waals surface area contributed by atoms with E-state index in [1.165, 1.54) is 0 Å². The molecule has 1 aromatic rings. The molecule has 5 heteroatoms. The van der Waals surface area contributed by atoms with Crippen molar-refractivity contribution in [1.82, 2.24) is 4.90 Å². The van der Waals surface area contributed by atoms with Crippen LogP contribution in [0.15, 0.2) is 28.7 Å². The summed E-state index contributed by atoms with van der Waals surface area (Å²) in [5.41, 5.74) is 1.09. The smallest absolute Gasteiger partial charge is 0.208 e. The second-order valence-corrected chi connectivity index (χ2v) is 5.61. The SMILES string of the molecule is CCCOC1(c2ccc(Br)cc2)CN(C)CCO1.Cl. The molecule has 0 radical (unpaired) electrons. The Hall–Kier alpha value is -0.130. The summed E-state index contributed by atoms with van der Waals surface area (Å²) in [5.74, 6) is -0.607. The van der Waals surface area contributed by atoms with Crippen molar-refractivity contribution < 1.29 is 9.47 Å². The monoisotopic (exact) mass is 349 g/mol. The molecule has 0 bridgehead atoms. The van der Waals surface area contributed by atoms with Crippen molar-refractivity contribution in [3.63, 3.8) is 0 Å². The van der Waals surface area contributed by atoms with Gasteiger partial charge in [0.1, 0.15) is 0 Å². The molecule has 1 atom stereocenters. The van der Waals surface area contributed by atoms with Crippen LogP contribution in [-0.2, 0) is 15.3 Å². The molecule has 0 aromatic heterocycles. The third kappa shape index (κ3) is 4.17. The van der Waals surface area contributed by atoms with Gasteiger partial charge in [-0.2, -0.15) is 0 Å². The predicted molar refractivity (Wildman–Crippen MR) is 82.8 cm³/mol. The lowest BCUT2D eigenvalue weighted by atomic mass is 10.0. The molecule has 1 fully saturated rings. The van der Waals surface area contributed by atoms with Gasteiger partial charge in [-0.15, -0.1) is 12.4 Å². The molecule has 3 nitrogen and oxygen atoms in total. The molecule has 1 aliphatic heterocycles. The zero-order chi connectivity index (χ0) is 13.0. The Kier molecular flexibility index (Phi) is 6.77. The zero-order valence-corrected chi connectivity index (χ0v) is 13.8. The first-order chi connectivity index (χ1) is 8.66. The van der Waals surface area contributed by atoms with Crippen LogP contribution in [0.4, 0.5) is 0 Å². The summed E-state index contributed by atoms with van der Waals surface area (Å²) >= 11 is 3.46. The molecule has 1 unspecified atom stereocenters. The molecular formula is C14H21BrClNO2. The van der Waals surface area contributed by atoms with Crippen LogP contribution in [0.2, 0.25) is 0 Å². The fourth-order valence-electron chi connectivity index (χ4n) is 2.16. The molecular weight excluding hydrogens is 330 g/mol. The first-order valence-electron chi connectivity index (χ1n) is 6.39. The number of morpholine rings is 1. The van der Waals surface area contributed by atoms with Crippen LogP contribution in [0.25, 0.3) is 0 Å². The van der Waals surface area contributed by atoms with Crippen molar-refractivity contribution in [2.24, 2.45) is 0 Å². The molecule has 0 spiro atoms. The van der Waals surface area contributed by atoms with E-state index < -0.39 is 5.79 Å². The normalized spacial score (nSPS) is 23.9. The van der Waals surface area contributed by atoms with Gasteiger partial charge in [0.05, 0.1) is 19.8 Å². The Labute approximate surface area is 129 Å². The number of likely N-dealkylation sites (N-methyl/N-ethyl adjacent to an activating group) is 1. The van der Waals surface area contributed by atoms with E-state index in [4.69, 9.17) is 9.47 Å². The number of benzene rings is 1. The molecule has 1 saturated heterocycles. The van der Waals surface area contributed by atoms with Crippen LogP contribution < -0.4 is 0 Å². The molecule has 2 rings (SSSR count). The minimum Gasteiger partial charge on any atom is -0.345 e. The minimum absolute atomic E-state index is 0. The van der Waals surface area contributed by atoms with Crippen LogP contribution in [0.3, 0.4) is 0 Å². The maximum absolute atomic E-state index is 6.04. The van der Waals surface area contributed by atoms with E-state index >= 15 is 0 Å². The van der Waals surface area contributed by atoms with Crippen molar-refractivity contribution in [1.29, 1.82) is 0 Å². The van der Waals surface area contributed by atoms with Gasteiger partial charge in [-0.1, -0.05) is 35.0 Å². The van der Waals surface area contributed by atoms with Crippen LogP contribution in [0.1, 0.15) is 18.9 Å². The molecule has 108 valence electrons. The molecule has 0 amide bonds. The fraction of sp³-hybridized carbons (Fsp3) is 0.571. The van der Waals surface area contributed by atoms with Gasteiger partial charge in [-0.25, -0.2) is 0 Å². The minimum atomic E-state index is -0.607. The van der Waals surface area contributed by atoms with Gasteiger partial charge >= 0.3 is 0 Å². The van der Waals surface area contributed by atoms with Crippen LogP contribution in [-0.4, -0.2) is 38.3 Å². The lowest BCUT2D eigenvalue weighted by Crippen LogP contribution is -2.50. The summed E-state index contributed by atoms with van der Waals surface area (Å²) in [6.45, 7) is 5.25. The molecule has 19 heavy (non-hydrogen) atoms. The molecule has 1 aliphatic rings. The van der Waals surface area contributed by atoms with Crippen molar-refractivity contribution in [2.45, 2.75) is 19.1 Å². The Morgan fingerprint density at radius 3 is 2.63 bits per heavy atom. The van der Waals surface area contributed by atoms with Gasteiger partial charge in [0, 0.05) is 16.6 Å². The van der Waals surface area contributed by atoms with Crippen LogP contribution >= 0.6 is 28.3 Å². The van der Waals surface area contributed by atoms with E-state index in [9.17, 15) is 0 Å². The summed E-state index contributed by atoms with van der Waals surface area (Å²) < 4.78 is 13.1. The van der Waals surface area contributed by atoms with Crippen molar-refractivity contribution in [2.75, 3.05) is 33.4 Å². The summed E-state index contributed by atoms with van der Waals surface area (Å²) in [6, 6.07) is 8.20. The average Bonchev–Trinajstić information content (AvgIpc) is 2.37. The van der Waals surface area contributed by atoms with Crippen molar-refractivity contribution >= 4 is 28.3 Å². The number of rotatable bonds is 4. The molecule has 1 heterocycles. The second-order valence-electron chi connectivity index (χ2n) is 4.69. The Morgan fingerprint density at radius 1 is 1.37 bits per heavy atom. The summed E-state index contributed by atoms with van der Waals surface area (Å²) in [5, 5.41) is 0. The fourth-order valence-corrected chi connectivity index (χ4v) is 2.43. The van der Waals surface area contributed by atoms with Gasteiger partial charge < -0.3 is 9.47 Å². The highest BCUT2D eigenvalue weighted by atomic mass is 79.9. The van der Waals surface area contributed by atoms with E-state index in [0.29, 0.717) is 13.2 Å². The third-order valence-corrected chi connectivity index (χ3v) is 3.64. The number of hydrogen-bond donors (Lipinski definition) is 0.